The van der Waals surface area contributed by atoms with Crippen LogP contribution < -0.4 is 5.73 Å². The zero-order chi connectivity index (χ0) is 24.9. The van der Waals surface area contributed by atoms with E-state index in [-0.39, 0.29) is 11.7 Å². The molecule has 1 aliphatic heterocycles. The van der Waals surface area contributed by atoms with Gasteiger partial charge in [-0.1, -0.05) is 12.1 Å². The lowest BCUT2D eigenvalue weighted by molar-refractivity contribution is -0.132. The highest BCUT2D eigenvalue weighted by Gasteiger charge is 2.21. The molecule has 10 heteroatoms. The molecule has 0 aliphatic carbocycles. The number of rotatable bonds is 7. The number of carbonyl (C=O) groups is 1. The second kappa shape index (κ2) is 10.7. The first-order valence-corrected chi connectivity index (χ1v) is 11.7. The monoisotopic (exact) mass is 478 g/mol. The molecule has 3 heterocycles. The van der Waals surface area contributed by atoms with Crippen LogP contribution in [0, 0.1) is 12.7 Å². The van der Waals surface area contributed by atoms with E-state index in [9.17, 15) is 9.18 Å². The van der Waals surface area contributed by atoms with Crippen LogP contribution in [0.1, 0.15) is 38.1 Å². The predicted molar refractivity (Wildman–Crippen MR) is 133 cm³/mol. The molecule has 1 saturated heterocycles. The number of halogens is 1. The molecule has 0 spiro atoms. The van der Waals surface area contributed by atoms with Crippen molar-refractivity contribution in [1.82, 2.24) is 29.6 Å². The molecule has 0 saturated carbocycles. The van der Waals surface area contributed by atoms with Crippen molar-refractivity contribution in [3.05, 3.63) is 64.9 Å². The summed E-state index contributed by atoms with van der Waals surface area (Å²) in [6.07, 6.45) is 0.881. The summed E-state index contributed by atoms with van der Waals surface area (Å²) in [6, 6.07) is 10.2. The summed E-state index contributed by atoms with van der Waals surface area (Å²) in [5, 5.41) is 12.5. The van der Waals surface area contributed by atoms with Gasteiger partial charge >= 0.3 is 0 Å². The molecule has 0 radical (unpaired) electrons. The first kappa shape index (κ1) is 24.5. The molecule has 0 atom stereocenters. The lowest BCUT2D eigenvalue weighted by Gasteiger charge is -2.35. The van der Waals surface area contributed by atoms with Gasteiger partial charge in [-0.15, -0.1) is 15.3 Å². The number of amides is 1. The number of fused-ring (bicyclic) bond motifs is 1. The molecule has 184 valence electrons. The Hall–Kier alpha value is -3.66. The van der Waals surface area contributed by atoms with Gasteiger partial charge < -0.3 is 10.6 Å². The molecule has 1 amide bonds. The van der Waals surface area contributed by atoms with Crippen LogP contribution in [0.2, 0.25) is 0 Å². The number of nitrogens with zero attached hydrogens (tertiary/aromatic N) is 7. The molecule has 0 unspecified atom stereocenters. The summed E-state index contributed by atoms with van der Waals surface area (Å²) in [4.78, 5) is 21.7. The quantitative estimate of drug-likeness (QED) is 0.524. The van der Waals surface area contributed by atoms with Gasteiger partial charge in [0.25, 0.3) is 0 Å². The van der Waals surface area contributed by atoms with Crippen molar-refractivity contribution in [3.63, 3.8) is 0 Å². The van der Waals surface area contributed by atoms with E-state index in [1.165, 1.54) is 12.1 Å². The van der Waals surface area contributed by atoms with Crippen LogP contribution >= 0.6 is 0 Å². The fourth-order valence-electron chi connectivity index (χ4n) is 4.24. The van der Waals surface area contributed by atoms with Crippen LogP contribution in [-0.4, -0.2) is 67.4 Å². The highest BCUT2D eigenvalue weighted by atomic mass is 19.1. The van der Waals surface area contributed by atoms with Gasteiger partial charge in [0.05, 0.1) is 0 Å². The minimum absolute atomic E-state index is 0.109. The summed E-state index contributed by atoms with van der Waals surface area (Å²) < 4.78 is 14.8. The second-order valence-electron chi connectivity index (χ2n) is 8.85. The standard InChI is InChI=1S/C25H31FN8O/c1-17(27)22(18(2)28-23-9-10-24-30-29-19(3)34(24)31-23)8-11-25(35)33-14-12-32(13-15-33)16-20-4-6-21(26)7-5-20/h4-7,9-10H,8,11-16,27H2,1-3H3. The Bertz CT molecular complexity index is 1250. The van der Waals surface area contributed by atoms with E-state index < -0.39 is 0 Å². The van der Waals surface area contributed by atoms with Crippen LogP contribution in [-0.2, 0) is 11.3 Å². The van der Waals surface area contributed by atoms with Crippen molar-refractivity contribution < 1.29 is 9.18 Å². The maximum Gasteiger partial charge on any atom is 0.222 e. The summed E-state index contributed by atoms with van der Waals surface area (Å²) in [6.45, 7) is 9.23. The minimum Gasteiger partial charge on any atom is -0.402 e. The van der Waals surface area contributed by atoms with Crippen LogP contribution in [0.4, 0.5) is 10.2 Å². The third-order valence-electron chi connectivity index (χ3n) is 6.23. The first-order valence-electron chi connectivity index (χ1n) is 11.7. The number of aliphatic imine (C=N–C) groups is 1. The highest BCUT2D eigenvalue weighted by Crippen LogP contribution is 2.18. The normalized spacial score (nSPS) is 16.0. The smallest absolute Gasteiger partial charge is 0.222 e. The lowest BCUT2D eigenvalue weighted by Crippen LogP contribution is -2.48. The molecule has 4 rings (SSSR count). The van der Waals surface area contributed by atoms with Crippen LogP contribution in [0.5, 0.6) is 0 Å². The molecular formula is C25H31FN8O. The lowest BCUT2D eigenvalue weighted by atomic mass is 10.0. The fourth-order valence-corrected chi connectivity index (χ4v) is 4.24. The highest BCUT2D eigenvalue weighted by molar-refractivity contribution is 6.00. The largest absolute Gasteiger partial charge is 0.402 e. The number of benzene rings is 1. The molecule has 9 nitrogen and oxygen atoms in total. The number of hydrogen-bond acceptors (Lipinski definition) is 7. The Kier molecular flexibility index (Phi) is 7.50. The molecule has 2 aromatic heterocycles. The molecule has 3 aromatic rings. The number of nitrogens with two attached hydrogens (primary N) is 1. The number of piperazine rings is 1. The summed E-state index contributed by atoms with van der Waals surface area (Å²) in [5.74, 6) is 1.09. The van der Waals surface area contributed by atoms with Crippen LogP contribution in [0.25, 0.3) is 5.65 Å². The van der Waals surface area contributed by atoms with Crippen molar-refractivity contribution in [3.8, 4) is 0 Å². The third-order valence-corrected chi connectivity index (χ3v) is 6.23. The van der Waals surface area contributed by atoms with E-state index in [0.717, 1.165) is 36.5 Å². The Labute approximate surface area is 204 Å². The van der Waals surface area contributed by atoms with Gasteiger partial charge in [-0.25, -0.2) is 9.38 Å². The zero-order valence-electron chi connectivity index (χ0n) is 20.4. The van der Waals surface area contributed by atoms with Crippen LogP contribution in [0.15, 0.2) is 52.7 Å². The van der Waals surface area contributed by atoms with Gasteiger partial charge in [0.15, 0.2) is 17.3 Å². The molecule has 1 fully saturated rings. The Morgan fingerprint density at radius 3 is 2.43 bits per heavy atom. The van der Waals surface area contributed by atoms with E-state index in [4.69, 9.17) is 5.73 Å². The number of carbonyl (C=O) groups excluding carboxylic acids is 1. The Morgan fingerprint density at radius 1 is 1.03 bits per heavy atom. The Balaban J connectivity index is 1.32. The average Bonchev–Trinajstić information content (AvgIpc) is 3.21. The fraction of sp³-hybridized carbons (Fsp3) is 0.400. The topological polar surface area (TPSA) is 105 Å². The summed E-state index contributed by atoms with van der Waals surface area (Å²) >= 11 is 0. The van der Waals surface area contributed by atoms with Gasteiger partial charge in [-0.3, -0.25) is 9.69 Å². The zero-order valence-corrected chi connectivity index (χ0v) is 20.4. The first-order chi connectivity index (χ1) is 16.8. The molecule has 2 N–H and O–H groups in total. The van der Waals surface area contributed by atoms with E-state index in [2.05, 4.69) is 25.2 Å². The van der Waals surface area contributed by atoms with Crippen molar-refractivity contribution in [2.24, 2.45) is 10.7 Å². The van der Waals surface area contributed by atoms with Crippen molar-refractivity contribution >= 4 is 23.1 Å². The van der Waals surface area contributed by atoms with Gasteiger partial charge in [0.2, 0.25) is 5.91 Å². The Morgan fingerprint density at radius 2 is 1.74 bits per heavy atom. The summed E-state index contributed by atoms with van der Waals surface area (Å²) in [7, 11) is 0. The van der Waals surface area contributed by atoms with Crippen molar-refractivity contribution in [2.45, 2.75) is 40.2 Å². The second-order valence-corrected chi connectivity index (χ2v) is 8.85. The average molecular weight is 479 g/mol. The van der Waals surface area contributed by atoms with E-state index in [0.29, 0.717) is 48.9 Å². The minimum atomic E-state index is -0.228. The molecular weight excluding hydrogens is 447 g/mol. The van der Waals surface area contributed by atoms with Gasteiger partial charge in [-0.05, 0) is 62.6 Å². The van der Waals surface area contributed by atoms with E-state index >= 15 is 0 Å². The number of aryl methyl sites for hydroxylation is 1. The van der Waals surface area contributed by atoms with Gasteiger partial charge in [0, 0.05) is 50.6 Å². The van der Waals surface area contributed by atoms with Gasteiger partial charge in [0.1, 0.15) is 5.82 Å². The molecule has 1 aliphatic rings. The number of allylic oxidation sites excluding steroid dienone is 2. The molecule has 1 aromatic carbocycles. The SMILES string of the molecule is CC(=Nc1ccc2nnc(C)n2n1)C(CCC(=O)N1CCN(Cc2ccc(F)cc2)CC1)=C(C)N. The number of hydrogen-bond donors (Lipinski definition) is 1. The number of aromatic nitrogens is 4. The van der Waals surface area contributed by atoms with Crippen molar-refractivity contribution in [2.75, 3.05) is 26.2 Å². The molecule has 0 bridgehead atoms. The van der Waals surface area contributed by atoms with Crippen LogP contribution in [0.3, 0.4) is 0 Å². The summed E-state index contributed by atoms with van der Waals surface area (Å²) in [5.41, 5.74) is 10.1. The van der Waals surface area contributed by atoms with E-state index in [1.54, 1.807) is 22.7 Å². The van der Waals surface area contributed by atoms with E-state index in [1.807, 2.05) is 31.7 Å². The predicted octanol–water partition coefficient (Wildman–Crippen LogP) is 3.02. The molecule has 35 heavy (non-hydrogen) atoms. The third kappa shape index (κ3) is 6.07. The maximum absolute atomic E-state index is 13.1. The maximum atomic E-state index is 13.1. The van der Waals surface area contributed by atoms with Crippen molar-refractivity contribution in [1.29, 1.82) is 0 Å². The van der Waals surface area contributed by atoms with Gasteiger partial charge in [-0.2, -0.15) is 4.52 Å².